The van der Waals surface area contributed by atoms with E-state index in [1.807, 2.05) is 12.1 Å². The SMILES string of the molecule is COc1cc(OC)c(CC2(N)CCC(N)CC2)c(OC)c1. The van der Waals surface area contributed by atoms with Gasteiger partial charge in [-0.3, -0.25) is 0 Å². The molecule has 0 bridgehead atoms. The van der Waals surface area contributed by atoms with Gasteiger partial charge in [-0.15, -0.1) is 0 Å². The highest BCUT2D eigenvalue weighted by molar-refractivity contribution is 5.51. The zero-order valence-corrected chi connectivity index (χ0v) is 13.1. The molecule has 4 N–H and O–H groups in total. The Morgan fingerprint density at radius 1 is 1.05 bits per heavy atom. The van der Waals surface area contributed by atoms with E-state index in [0.717, 1.165) is 49.2 Å². The zero-order valence-electron chi connectivity index (χ0n) is 13.1. The van der Waals surface area contributed by atoms with Crippen molar-refractivity contribution in [2.24, 2.45) is 11.5 Å². The zero-order chi connectivity index (χ0) is 15.5. The molecule has 1 aromatic carbocycles. The summed E-state index contributed by atoms with van der Waals surface area (Å²) in [5, 5.41) is 0. The van der Waals surface area contributed by atoms with Gasteiger partial charge in [0.25, 0.3) is 0 Å². The average Bonchev–Trinajstić information content (AvgIpc) is 2.50. The summed E-state index contributed by atoms with van der Waals surface area (Å²) in [6.45, 7) is 0. The quantitative estimate of drug-likeness (QED) is 0.866. The molecule has 0 atom stereocenters. The molecule has 0 spiro atoms. The molecule has 0 amide bonds. The Balaban J connectivity index is 2.29. The summed E-state index contributed by atoms with van der Waals surface area (Å²) in [7, 11) is 4.93. The third-order valence-corrected chi connectivity index (χ3v) is 4.37. The summed E-state index contributed by atoms with van der Waals surface area (Å²) in [4.78, 5) is 0. The van der Waals surface area contributed by atoms with E-state index in [2.05, 4.69) is 0 Å². The first-order chi connectivity index (χ1) is 10.0. The molecule has 21 heavy (non-hydrogen) atoms. The van der Waals surface area contributed by atoms with Crippen LogP contribution < -0.4 is 25.7 Å². The van der Waals surface area contributed by atoms with Gasteiger partial charge in [0.15, 0.2) is 0 Å². The molecule has 1 aliphatic rings. The Kier molecular flexibility index (Phi) is 4.96. The van der Waals surface area contributed by atoms with Gasteiger partial charge in [0.1, 0.15) is 17.2 Å². The van der Waals surface area contributed by atoms with Crippen molar-refractivity contribution in [1.82, 2.24) is 0 Å². The molecule has 2 rings (SSSR count). The van der Waals surface area contributed by atoms with E-state index < -0.39 is 0 Å². The topological polar surface area (TPSA) is 79.7 Å². The molecular formula is C16H26N2O3. The molecule has 0 aliphatic heterocycles. The van der Waals surface area contributed by atoms with E-state index in [9.17, 15) is 0 Å². The van der Waals surface area contributed by atoms with Crippen LogP contribution in [0, 0.1) is 0 Å². The lowest BCUT2D eigenvalue weighted by molar-refractivity contribution is 0.265. The Hall–Kier alpha value is -1.46. The minimum Gasteiger partial charge on any atom is -0.496 e. The van der Waals surface area contributed by atoms with Crippen LogP contribution in [0.3, 0.4) is 0 Å². The summed E-state index contributed by atoms with van der Waals surface area (Å²) in [6, 6.07) is 4.02. The monoisotopic (exact) mass is 294 g/mol. The van der Waals surface area contributed by atoms with E-state index in [0.29, 0.717) is 5.75 Å². The number of nitrogens with two attached hydrogens (primary N) is 2. The van der Waals surface area contributed by atoms with Crippen LogP contribution >= 0.6 is 0 Å². The average molecular weight is 294 g/mol. The largest absolute Gasteiger partial charge is 0.496 e. The second kappa shape index (κ2) is 6.54. The molecule has 118 valence electrons. The highest BCUT2D eigenvalue weighted by atomic mass is 16.5. The van der Waals surface area contributed by atoms with E-state index in [1.165, 1.54) is 0 Å². The van der Waals surface area contributed by atoms with Gasteiger partial charge in [-0.1, -0.05) is 0 Å². The van der Waals surface area contributed by atoms with Crippen LogP contribution in [0.2, 0.25) is 0 Å². The standard InChI is InChI=1S/C16H26N2O3/c1-19-12-8-14(20-2)13(15(9-12)21-3)10-16(18)6-4-11(17)5-7-16/h8-9,11H,4-7,10,17-18H2,1-3H3. The van der Waals surface area contributed by atoms with Crippen molar-refractivity contribution in [2.45, 2.75) is 43.7 Å². The number of hydrogen-bond acceptors (Lipinski definition) is 5. The minimum atomic E-state index is -0.245. The van der Waals surface area contributed by atoms with Crippen LogP contribution in [0.5, 0.6) is 17.2 Å². The fourth-order valence-electron chi connectivity index (χ4n) is 3.00. The molecule has 1 saturated carbocycles. The lowest BCUT2D eigenvalue weighted by Crippen LogP contribution is -2.47. The highest BCUT2D eigenvalue weighted by Gasteiger charge is 2.32. The number of benzene rings is 1. The van der Waals surface area contributed by atoms with Crippen molar-refractivity contribution >= 4 is 0 Å². The molecule has 0 saturated heterocycles. The number of ether oxygens (including phenoxy) is 3. The summed E-state index contributed by atoms with van der Waals surface area (Å²) in [5.74, 6) is 2.22. The highest BCUT2D eigenvalue weighted by Crippen LogP contribution is 2.39. The van der Waals surface area contributed by atoms with Gasteiger partial charge in [0.2, 0.25) is 0 Å². The Morgan fingerprint density at radius 2 is 1.57 bits per heavy atom. The Morgan fingerprint density at radius 3 is 2.00 bits per heavy atom. The second-order valence-electron chi connectivity index (χ2n) is 5.89. The van der Waals surface area contributed by atoms with E-state index >= 15 is 0 Å². The van der Waals surface area contributed by atoms with Crippen LogP contribution in [0.25, 0.3) is 0 Å². The lowest BCUT2D eigenvalue weighted by atomic mass is 9.76. The van der Waals surface area contributed by atoms with Crippen molar-refractivity contribution in [1.29, 1.82) is 0 Å². The molecule has 1 fully saturated rings. The van der Waals surface area contributed by atoms with Crippen molar-refractivity contribution in [2.75, 3.05) is 21.3 Å². The molecule has 1 aromatic rings. The van der Waals surface area contributed by atoms with Crippen molar-refractivity contribution in [3.8, 4) is 17.2 Å². The molecular weight excluding hydrogens is 268 g/mol. The predicted molar refractivity (Wildman–Crippen MR) is 83.2 cm³/mol. The third kappa shape index (κ3) is 3.60. The van der Waals surface area contributed by atoms with E-state index in [4.69, 9.17) is 25.7 Å². The Labute approximate surface area is 126 Å². The maximum Gasteiger partial charge on any atom is 0.129 e. The van der Waals surface area contributed by atoms with E-state index in [-0.39, 0.29) is 11.6 Å². The minimum absolute atomic E-state index is 0.245. The molecule has 0 radical (unpaired) electrons. The number of methoxy groups -OCH3 is 3. The van der Waals surface area contributed by atoms with Crippen LogP contribution in [0.15, 0.2) is 12.1 Å². The summed E-state index contributed by atoms with van der Waals surface area (Å²) in [6.07, 6.45) is 4.50. The Bertz CT molecular complexity index is 457. The predicted octanol–water partition coefficient (Wildman–Crippen LogP) is 1.85. The summed E-state index contributed by atoms with van der Waals surface area (Å²) in [5.41, 5.74) is 13.3. The van der Waals surface area contributed by atoms with Gasteiger partial charge in [0.05, 0.1) is 21.3 Å². The molecule has 5 heteroatoms. The second-order valence-corrected chi connectivity index (χ2v) is 5.89. The molecule has 5 nitrogen and oxygen atoms in total. The fraction of sp³-hybridized carbons (Fsp3) is 0.625. The van der Waals surface area contributed by atoms with Crippen LogP contribution in [0.1, 0.15) is 31.2 Å². The molecule has 0 unspecified atom stereocenters. The van der Waals surface area contributed by atoms with Crippen molar-refractivity contribution in [3.05, 3.63) is 17.7 Å². The normalized spacial score (nSPS) is 25.5. The van der Waals surface area contributed by atoms with Crippen LogP contribution in [0.4, 0.5) is 0 Å². The maximum absolute atomic E-state index is 6.57. The van der Waals surface area contributed by atoms with E-state index in [1.54, 1.807) is 21.3 Å². The van der Waals surface area contributed by atoms with Crippen molar-refractivity contribution < 1.29 is 14.2 Å². The summed E-state index contributed by atoms with van der Waals surface area (Å²) < 4.78 is 16.3. The molecule has 0 aromatic heterocycles. The third-order valence-electron chi connectivity index (χ3n) is 4.37. The molecule has 0 heterocycles. The van der Waals surface area contributed by atoms with Crippen molar-refractivity contribution in [3.63, 3.8) is 0 Å². The summed E-state index contributed by atoms with van der Waals surface area (Å²) >= 11 is 0. The molecule has 1 aliphatic carbocycles. The number of hydrogen-bond donors (Lipinski definition) is 2. The van der Waals surface area contributed by atoms with Gasteiger partial charge >= 0.3 is 0 Å². The van der Waals surface area contributed by atoms with Crippen LogP contribution in [-0.4, -0.2) is 32.9 Å². The fourth-order valence-corrected chi connectivity index (χ4v) is 3.00. The number of rotatable bonds is 5. The van der Waals surface area contributed by atoms with Gasteiger partial charge in [-0.2, -0.15) is 0 Å². The first-order valence-electron chi connectivity index (χ1n) is 7.34. The first kappa shape index (κ1) is 15.9. The van der Waals surface area contributed by atoms with Gasteiger partial charge in [-0.25, -0.2) is 0 Å². The lowest BCUT2D eigenvalue weighted by Gasteiger charge is -2.36. The smallest absolute Gasteiger partial charge is 0.129 e. The maximum atomic E-state index is 6.57. The van der Waals surface area contributed by atoms with Gasteiger partial charge < -0.3 is 25.7 Å². The first-order valence-corrected chi connectivity index (χ1v) is 7.34. The van der Waals surface area contributed by atoms with Crippen LogP contribution in [-0.2, 0) is 6.42 Å². The van der Waals surface area contributed by atoms with Gasteiger partial charge in [0, 0.05) is 29.3 Å². The van der Waals surface area contributed by atoms with Gasteiger partial charge in [-0.05, 0) is 32.1 Å².